The Hall–Kier alpha value is -2.01. The maximum Gasteiger partial charge on any atom is 0.262 e. The number of methoxy groups -OCH3 is 1. The monoisotopic (exact) mass is 291 g/mol. The quantitative estimate of drug-likeness (QED) is 0.921. The first-order valence-electron chi connectivity index (χ1n) is 6.31. The summed E-state index contributed by atoms with van der Waals surface area (Å²) in [6, 6.07) is 13.8. The van der Waals surface area contributed by atoms with Gasteiger partial charge in [0.1, 0.15) is 5.75 Å². The molecule has 0 aliphatic carbocycles. The molecule has 2 aromatic rings. The van der Waals surface area contributed by atoms with E-state index in [9.17, 15) is 8.42 Å². The number of benzene rings is 2. The molecule has 0 bridgehead atoms. The predicted octanol–water partition coefficient (Wildman–Crippen LogP) is 3.06. The zero-order valence-corrected chi connectivity index (χ0v) is 12.3. The van der Waals surface area contributed by atoms with E-state index in [-0.39, 0.29) is 4.90 Å². The largest absolute Gasteiger partial charge is 0.495 e. The molecular formula is C15H17NO3S. The molecular weight excluding hydrogens is 274 g/mol. The minimum absolute atomic E-state index is 0.237. The number of nitrogens with one attached hydrogen (secondary N) is 1. The van der Waals surface area contributed by atoms with Gasteiger partial charge in [-0.2, -0.15) is 0 Å². The molecule has 0 fully saturated rings. The Kier molecular flexibility index (Phi) is 4.29. The van der Waals surface area contributed by atoms with Gasteiger partial charge < -0.3 is 4.74 Å². The number of anilines is 1. The second kappa shape index (κ2) is 5.96. The van der Waals surface area contributed by atoms with Gasteiger partial charge in [0, 0.05) is 0 Å². The minimum Gasteiger partial charge on any atom is -0.495 e. The summed E-state index contributed by atoms with van der Waals surface area (Å²) in [7, 11) is -2.10. The lowest BCUT2D eigenvalue weighted by Crippen LogP contribution is -2.13. The van der Waals surface area contributed by atoms with Gasteiger partial charge in [-0.15, -0.1) is 0 Å². The normalized spacial score (nSPS) is 11.1. The molecule has 2 rings (SSSR count). The van der Waals surface area contributed by atoms with Crippen molar-refractivity contribution in [3.05, 3.63) is 54.1 Å². The molecule has 0 unspecified atom stereocenters. The number of rotatable bonds is 5. The molecule has 106 valence electrons. The molecule has 0 aliphatic heterocycles. The van der Waals surface area contributed by atoms with Crippen LogP contribution in [0.1, 0.15) is 12.5 Å². The molecule has 0 saturated carbocycles. The molecule has 0 radical (unpaired) electrons. The molecule has 5 heteroatoms. The fourth-order valence-electron chi connectivity index (χ4n) is 1.84. The first-order valence-corrected chi connectivity index (χ1v) is 7.80. The molecule has 0 heterocycles. The van der Waals surface area contributed by atoms with Crippen LogP contribution in [0, 0.1) is 0 Å². The number of sulfonamides is 1. The van der Waals surface area contributed by atoms with Crippen molar-refractivity contribution < 1.29 is 13.2 Å². The van der Waals surface area contributed by atoms with Crippen LogP contribution in [0.5, 0.6) is 5.75 Å². The Morgan fingerprint density at radius 2 is 1.70 bits per heavy atom. The van der Waals surface area contributed by atoms with E-state index in [1.165, 1.54) is 7.11 Å². The maximum absolute atomic E-state index is 12.3. The van der Waals surface area contributed by atoms with Crippen LogP contribution < -0.4 is 9.46 Å². The summed E-state index contributed by atoms with van der Waals surface area (Å²) in [6.07, 6.45) is 0.875. The Morgan fingerprint density at radius 3 is 2.30 bits per heavy atom. The van der Waals surface area contributed by atoms with Crippen LogP contribution in [-0.4, -0.2) is 15.5 Å². The van der Waals surface area contributed by atoms with E-state index >= 15 is 0 Å². The standard InChI is InChI=1S/C15H17NO3S/c1-3-12-8-10-13(11-9-12)20(17,18)16-14-6-4-5-7-15(14)19-2/h4-11,16H,3H2,1-2H3. The van der Waals surface area contributed by atoms with Gasteiger partial charge in [0.2, 0.25) is 0 Å². The van der Waals surface area contributed by atoms with Crippen molar-refractivity contribution in [2.75, 3.05) is 11.8 Å². The van der Waals surface area contributed by atoms with E-state index in [1.54, 1.807) is 36.4 Å². The second-order valence-electron chi connectivity index (χ2n) is 4.30. The van der Waals surface area contributed by atoms with Crippen molar-refractivity contribution in [3.63, 3.8) is 0 Å². The lowest BCUT2D eigenvalue weighted by atomic mass is 10.2. The minimum atomic E-state index is -3.60. The van der Waals surface area contributed by atoms with Crippen molar-refractivity contribution in [1.82, 2.24) is 0 Å². The zero-order chi connectivity index (χ0) is 14.6. The molecule has 20 heavy (non-hydrogen) atoms. The topological polar surface area (TPSA) is 55.4 Å². The van der Waals surface area contributed by atoms with E-state index in [2.05, 4.69) is 4.72 Å². The third-order valence-electron chi connectivity index (χ3n) is 2.99. The van der Waals surface area contributed by atoms with E-state index in [4.69, 9.17) is 4.74 Å². The van der Waals surface area contributed by atoms with Crippen LogP contribution in [-0.2, 0) is 16.4 Å². The van der Waals surface area contributed by atoms with Crippen LogP contribution in [0.2, 0.25) is 0 Å². The van der Waals surface area contributed by atoms with Crippen molar-refractivity contribution >= 4 is 15.7 Å². The molecule has 0 atom stereocenters. The number of hydrogen-bond acceptors (Lipinski definition) is 3. The Morgan fingerprint density at radius 1 is 1.05 bits per heavy atom. The molecule has 0 saturated heterocycles. The van der Waals surface area contributed by atoms with Gasteiger partial charge in [-0.25, -0.2) is 8.42 Å². The first-order chi connectivity index (χ1) is 9.56. The van der Waals surface area contributed by atoms with Gasteiger partial charge in [-0.1, -0.05) is 31.2 Å². The molecule has 0 aliphatic rings. The van der Waals surface area contributed by atoms with Crippen LogP contribution in [0.3, 0.4) is 0 Å². The fourth-order valence-corrected chi connectivity index (χ4v) is 2.91. The second-order valence-corrected chi connectivity index (χ2v) is 5.99. The van der Waals surface area contributed by atoms with Gasteiger partial charge in [0.25, 0.3) is 10.0 Å². The molecule has 0 aromatic heterocycles. The third kappa shape index (κ3) is 3.11. The van der Waals surface area contributed by atoms with Crippen LogP contribution in [0.4, 0.5) is 5.69 Å². The molecule has 2 aromatic carbocycles. The summed E-state index contributed by atoms with van der Waals surface area (Å²) in [4.78, 5) is 0.237. The predicted molar refractivity (Wildman–Crippen MR) is 79.6 cm³/mol. The van der Waals surface area contributed by atoms with Gasteiger partial charge >= 0.3 is 0 Å². The van der Waals surface area contributed by atoms with E-state index < -0.39 is 10.0 Å². The SMILES string of the molecule is CCc1ccc(S(=O)(=O)Nc2ccccc2OC)cc1. The van der Waals surface area contributed by atoms with Crippen LogP contribution in [0.25, 0.3) is 0 Å². The number of ether oxygens (including phenoxy) is 1. The molecule has 1 N–H and O–H groups in total. The Bertz CT molecular complexity index is 679. The van der Waals surface area contributed by atoms with Crippen LogP contribution >= 0.6 is 0 Å². The smallest absolute Gasteiger partial charge is 0.262 e. The van der Waals surface area contributed by atoms with Crippen LogP contribution in [0.15, 0.2) is 53.4 Å². The van der Waals surface area contributed by atoms with Crippen molar-refractivity contribution in [1.29, 1.82) is 0 Å². The van der Waals surface area contributed by atoms with Crippen molar-refractivity contribution in [3.8, 4) is 5.75 Å². The Balaban J connectivity index is 2.30. The summed E-state index contributed by atoms with van der Waals surface area (Å²) in [5.74, 6) is 0.487. The zero-order valence-electron chi connectivity index (χ0n) is 11.5. The van der Waals surface area contributed by atoms with Gasteiger partial charge in [-0.05, 0) is 36.2 Å². The lowest BCUT2D eigenvalue weighted by molar-refractivity contribution is 0.417. The summed E-state index contributed by atoms with van der Waals surface area (Å²) in [6.45, 7) is 2.02. The highest BCUT2D eigenvalue weighted by atomic mass is 32.2. The Labute approximate surface area is 119 Å². The average molecular weight is 291 g/mol. The number of hydrogen-bond donors (Lipinski definition) is 1. The van der Waals surface area contributed by atoms with Crippen molar-refractivity contribution in [2.24, 2.45) is 0 Å². The average Bonchev–Trinajstić information content (AvgIpc) is 2.47. The maximum atomic E-state index is 12.3. The highest BCUT2D eigenvalue weighted by Crippen LogP contribution is 2.26. The van der Waals surface area contributed by atoms with Gasteiger partial charge in [-0.3, -0.25) is 4.72 Å². The van der Waals surface area contributed by atoms with Gasteiger partial charge in [0.15, 0.2) is 0 Å². The number of aryl methyl sites for hydroxylation is 1. The third-order valence-corrected chi connectivity index (χ3v) is 4.37. The summed E-state index contributed by atoms with van der Waals surface area (Å²) in [5, 5.41) is 0. The molecule has 0 spiro atoms. The number of para-hydroxylation sites is 2. The van der Waals surface area contributed by atoms with Gasteiger partial charge in [0.05, 0.1) is 17.7 Å². The molecule has 0 amide bonds. The fraction of sp³-hybridized carbons (Fsp3) is 0.200. The highest BCUT2D eigenvalue weighted by Gasteiger charge is 2.15. The van der Waals surface area contributed by atoms with E-state index in [1.807, 2.05) is 19.1 Å². The summed E-state index contributed by atoms with van der Waals surface area (Å²) < 4.78 is 32.3. The first kappa shape index (κ1) is 14.4. The summed E-state index contributed by atoms with van der Waals surface area (Å²) in [5.41, 5.74) is 1.52. The van der Waals surface area contributed by atoms with Crippen molar-refractivity contribution in [2.45, 2.75) is 18.2 Å². The van der Waals surface area contributed by atoms with E-state index in [0.717, 1.165) is 12.0 Å². The van der Waals surface area contributed by atoms with E-state index in [0.29, 0.717) is 11.4 Å². The lowest BCUT2D eigenvalue weighted by Gasteiger charge is -2.11. The highest BCUT2D eigenvalue weighted by molar-refractivity contribution is 7.92. The molecule has 4 nitrogen and oxygen atoms in total. The summed E-state index contributed by atoms with van der Waals surface area (Å²) >= 11 is 0.